The standard InChI is InChI=1S/C12H8N6O/c13-17-15-10-7-4-8-11(12(10)16-18-14)19-9-5-2-1-3-6-9/h1-8H. The summed E-state index contributed by atoms with van der Waals surface area (Å²) < 4.78 is 5.60. The lowest BCUT2D eigenvalue weighted by atomic mass is 10.1. The minimum atomic E-state index is 0.159. The van der Waals surface area contributed by atoms with Crippen LogP contribution in [0.15, 0.2) is 69.7 Å². The smallest absolute Gasteiger partial charge is 0.339 e. The molecule has 0 bridgehead atoms. The second-order valence-corrected chi connectivity index (χ2v) is 3.42. The number of benzene rings is 1. The Morgan fingerprint density at radius 3 is 2.68 bits per heavy atom. The number of allylic oxidation sites excluding steroid dienone is 4. The molecule has 0 fully saturated rings. The van der Waals surface area contributed by atoms with Crippen molar-refractivity contribution in [2.45, 2.75) is 0 Å². The van der Waals surface area contributed by atoms with Crippen molar-refractivity contribution in [3.63, 3.8) is 0 Å². The molecule has 1 aliphatic rings. The third-order valence-corrected chi connectivity index (χ3v) is 2.25. The Balaban J connectivity index is 2.34. The Labute approximate surface area is 108 Å². The number of diazo groups is 1. The second kappa shape index (κ2) is 5.97. The first-order chi connectivity index (χ1) is 9.35. The van der Waals surface area contributed by atoms with E-state index in [2.05, 4.69) is 20.5 Å². The highest BCUT2D eigenvalue weighted by Crippen LogP contribution is 2.17. The van der Waals surface area contributed by atoms with Crippen LogP contribution < -0.4 is 4.74 Å². The van der Waals surface area contributed by atoms with Crippen molar-refractivity contribution in [1.29, 1.82) is 5.39 Å². The molecule has 1 aromatic carbocycles. The Bertz CT molecular complexity index is 636. The van der Waals surface area contributed by atoms with E-state index >= 15 is 0 Å². The Morgan fingerprint density at radius 2 is 2.00 bits per heavy atom. The second-order valence-electron chi connectivity index (χ2n) is 3.42. The van der Waals surface area contributed by atoms with Crippen molar-refractivity contribution in [1.82, 2.24) is 0 Å². The summed E-state index contributed by atoms with van der Waals surface area (Å²) in [5, 5.41) is 20.9. The molecule has 1 aromatic rings. The zero-order chi connectivity index (χ0) is 13.5. The van der Waals surface area contributed by atoms with Gasteiger partial charge in [0.25, 0.3) is 5.39 Å². The van der Waals surface area contributed by atoms with Crippen LogP contribution >= 0.6 is 0 Å². The Hall–Kier alpha value is -3.14. The maximum atomic E-state index is 8.57. The minimum Gasteiger partial charge on any atom is -0.455 e. The number of ether oxygens (including phenoxy) is 1. The number of nitrogens with zero attached hydrogens (tertiary/aromatic N) is 6. The molecule has 0 amide bonds. The first-order valence-electron chi connectivity index (χ1n) is 5.31. The largest absolute Gasteiger partial charge is 0.455 e. The van der Waals surface area contributed by atoms with Crippen LogP contribution in [0, 0.1) is 5.39 Å². The summed E-state index contributed by atoms with van der Waals surface area (Å²) in [6.07, 6.45) is 4.83. The van der Waals surface area contributed by atoms with Gasteiger partial charge in [0.1, 0.15) is 5.75 Å². The summed E-state index contributed by atoms with van der Waals surface area (Å²) in [4.78, 5) is 0. The molecule has 0 atom stereocenters. The Morgan fingerprint density at radius 1 is 1.21 bits per heavy atom. The molecule has 0 saturated heterocycles. The van der Waals surface area contributed by atoms with Crippen molar-refractivity contribution >= 4 is 11.4 Å². The van der Waals surface area contributed by atoms with Gasteiger partial charge in [0.05, 0.1) is 0 Å². The van der Waals surface area contributed by atoms with Crippen molar-refractivity contribution in [2.24, 2.45) is 15.4 Å². The van der Waals surface area contributed by atoms with Gasteiger partial charge in [-0.1, -0.05) is 30.4 Å². The predicted molar refractivity (Wildman–Crippen MR) is 70.0 cm³/mol. The van der Waals surface area contributed by atoms with Crippen LogP contribution in [0.1, 0.15) is 0 Å². The lowest BCUT2D eigenvalue weighted by Crippen LogP contribution is -2.20. The van der Waals surface area contributed by atoms with E-state index in [1.54, 1.807) is 30.4 Å². The summed E-state index contributed by atoms with van der Waals surface area (Å²) in [6.45, 7) is 0. The van der Waals surface area contributed by atoms with E-state index in [1.807, 2.05) is 18.2 Å². The van der Waals surface area contributed by atoms with Gasteiger partial charge in [-0.05, 0) is 18.2 Å². The molecule has 0 aliphatic heterocycles. The van der Waals surface area contributed by atoms with Gasteiger partial charge in [0.15, 0.2) is 10.9 Å². The molecule has 92 valence electrons. The number of rotatable bonds is 3. The van der Waals surface area contributed by atoms with Gasteiger partial charge in [-0.25, -0.2) is 0 Å². The van der Waals surface area contributed by atoms with Gasteiger partial charge in [0, 0.05) is 5.71 Å². The van der Waals surface area contributed by atoms with Crippen molar-refractivity contribution < 1.29 is 4.74 Å². The molecule has 0 saturated carbocycles. The minimum absolute atomic E-state index is 0.159. The third-order valence-electron chi connectivity index (χ3n) is 2.25. The van der Waals surface area contributed by atoms with Gasteiger partial charge in [-0.15, -0.1) is 0 Å². The molecular formula is C12H8N6O. The van der Waals surface area contributed by atoms with E-state index in [4.69, 9.17) is 15.7 Å². The van der Waals surface area contributed by atoms with Gasteiger partial charge in [0.2, 0.25) is 5.71 Å². The van der Waals surface area contributed by atoms with Gasteiger partial charge < -0.3 is 15.4 Å². The monoisotopic (exact) mass is 252 g/mol. The highest BCUT2D eigenvalue weighted by molar-refractivity contribution is 6.52. The fourth-order valence-corrected chi connectivity index (χ4v) is 1.48. The van der Waals surface area contributed by atoms with Crippen LogP contribution in [0.2, 0.25) is 0 Å². The molecule has 0 radical (unpaired) electrons. The first-order valence-corrected chi connectivity index (χ1v) is 5.31. The van der Waals surface area contributed by atoms with E-state index in [1.165, 1.54) is 0 Å². The van der Waals surface area contributed by atoms with Crippen LogP contribution in [-0.2, 0) is 0 Å². The lowest BCUT2D eigenvalue weighted by molar-refractivity contribution is 0.455. The molecule has 1 aliphatic carbocycles. The van der Waals surface area contributed by atoms with Gasteiger partial charge >= 0.3 is 5.08 Å². The molecule has 0 aromatic heterocycles. The van der Waals surface area contributed by atoms with Crippen LogP contribution in [0.25, 0.3) is 10.6 Å². The number of hydrogen-bond acceptors (Lipinski definition) is 4. The zero-order valence-electron chi connectivity index (χ0n) is 9.71. The van der Waals surface area contributed by atoms with Crippen molar-refractivity contribution in [3.05, 3.63) is 64.9 Å². The summed E-state index contributed by atoms with van der Waals surface area (Å²) in [5.74, 6) is 0.920. The maximum Gasteiger partial charge on any atom is 0.339 e. The molecule has 0 spiro atoms. The topological polar surface area (TPSA) is 96.8 Å². The van der Waals surface area contributed by atoms with Gasteiger partial charge in [-0.3, -0.25) is 5.22 Å². The number of para-hydroxylation sites is 1. The van der Waals surface area contributed by atoms with E-state index in [-0.39, 0.29) is 11.4 Å². The molecular weight excluding hydrogens is 244 g/mol. The SMILES string of the molecule is N#[N+]N=C1C(Oc2ccccc2)=CC=CC1=NN=[N-]. The molecule has 7 heteroatoms. The average Bonchev–Trinajstić information content (AvgIpc) is 2.44. The molecule has 0 unspecified atom stereocenters. The van der Waals surface area contributed by atoms with Crippen LogP contribution in [0.3, 0.4) is 0 Å². The number of hydrogen-bond donors (Lipinski definition) is 0. The van der Waals surface area contributed by atoms with Crippen LogP contribution in [-0.4, -0.2) is 11.4 Å². The molecule has 0 heterocycles. The van der Waals surface area contributed by atoms with Crippen molar-refractivity contribution in [3.8, 4) is 5.75 Å². The highest BCUT2D eigenvalue weighted by atomic mass is 16.5. The molecule has 2 rings (SSSR count). The zero-order valence-corrected chi connectivity index (χ0v) is 9.71. The third kappa shape index (κ3) is 2.95. The van der Waals surface area contributed by atoms with E-state index < -0.39 is 0 Å². The van der Waals surface area contributed by atoms with E-state index in [9.17, 15) is 0 Å². The predicted octanol–water partition coefficient (Wildman–Crippen LogP) is 3.11. The molecule has 19 heavy (non-hydrogen) atoms. The fourth-order valence-electron chi connectivity index (χ4n) is 1.48. The van der Waals surface area contributed by atoms with Crippen LogP contribution in [0.4, 0.5) is 0 Å². The quantitative estimate of drug-likeness (QED) is 0.357. The summed E-state index contributed by atoms with van der Waals surface area (Å²) in [7, 11) is 0. The van der Waals surface area contributed by atoms with Crippen LogP contribution in [0.5, 0.6) is 5.75 Å². The molecule has 0 N–H and O–H groups in total. The fraction of sp³-hybridized carbons (Fsp3) is 0. The summed E-state index contributed by atoms with van der Waals surface area (Å²) in [5.41, 5.74) is 8.85. The maximum absolute atomic E-state index is 8.57. The van der Waals surface area contributed by atoms with Gasteiger partial charge in [-0.2, -0.15) is 0 Å². The normalized spacial score (nSPS) is 17.9. The summed E-state index contributed by atoms with van der Waals surface area (Å²) >= 11 is 0. The van der Waals surface area contributed by atoms with Crippen molar-refractivity contribution in [2.75, 3.05) is 0 Å². The lowest BCUT2D eigenvalue weighted by Gasteiger charge is -2.13. The summed E-state index contributed by atoms with van der Waals surface area (Å²) in [6, 6.07) is 9.03. The van der Waals surface area contributed by atoms with E-state index in [0.29, 0.717) is 11.5 Å². The van der Waals surface area contributed by atoms with E-state index in [0.717, 1.165) is 0 Å². The Kier molecular flexibility index (Phi) is 3.87. The average molecular weight is 252 g/mol. The molecule has 7 nitrogen and oxygen atoms in total. The first kappa shape index (κ1) is 12.3. The highest BCUT2D eigenvalue weighted by Gasteiger charge is 2.19.